The molecule has 0 bridgehead atoms. The molecule has 0 aliphatic carbocycles. The van der Waals surface area contributed by atoms with E-state index in [9.17, 15) is 17.8 Å². The van der Waals surface area contributed by atoms with Crippen molar-refractivity contribution in [3.05, 3.63) is 71.8 Å². The van der Waals surface area contributed by atoms with E-state index >= 15 is 0 Å². The van der Waals surface area contributed by atoms with E-state index in [2.05, 4.69) is 20.4 Å². The first-order valence-corrected chi connectivity index (χ1v) is 11.6. The monoisotopic (exact) mass is 454 g/mol. The summed E-state index contributed by atoms with van der Waals surface area (Å²) in [6, 6.07) is 12.0. The second-order valence-electron chi connectivity index (χ2n) is 8.50. The first-order valence-electron chi connectivity index (χ1n) is 10.2. The number of rotatable bonds is 5. The van der Waals surface area contributed by atoms with Crippen molar-refractivity contribution < 1.29 is 27.2 Å². The number of esters is 1. The van der Waals surface area contributed by atoms with Gasteiger partial charge in [-0.05, 0) is 62.8 Å². The van der Waals surface area contributed by atoms with Gasteiger partial charge in [-0.3, -0.25) is 0 Å². The lowest BCUT2D eigenvalue weighted by Crippen LogP contribution is -2.60. The smallest absolute Gasteiger partial charge is 0.333 e. The zero-order valence-corrected chi connectivity index (χ0v) is 18.9. The molecule has 168 valence electrons. The van der Waals surface area contributed by atoms with Crippen molar-refractivity contribution in [2.24, 2.45) is 0 Å². The van der Waals surface area contributed by atoms with Crippen molar-refractivity contribution in [2.45, 2.75) is 36.8 Å². The zero-order chi connectivity index (χ0) is 23.3. The zero-order valence-electron chi connectivity index (χ0n) is 18.1. The molecule has 4 rings (SSSR count). The van der Waals surface area contributed by atoms with E-state index in [-0.39, 0.29) is 11.5 Å². The lowest BCUT2D eigenvalue weighted by Gasteiger charge is -2.47. The number of hydrogen-bond donors (Lipinski definition) is 0. The third kappa shape index (κ3) is 3.40. The van der Waals surface area contributed by atoms with Gasteiger partial charge in [0.1, 0.15) is 22.5 Å². The Morgan fingerprint density at radius 1 is 1.22 bits per heavy atom. The van der Waals surface area contributed by atoms with Crippen molar-refractivity contribution in [1.29, 1.82) is 0 Å². The van der Waals surface area contributed by atoms with E-state index in [1.807, 2.05) is 35.2 Å². The molecule has 0 saturated heterocycles. The molecule has 2 aliphatic heterocycles. The van der Waals surface area contributed by atoms with E-state index < -0.39 is 27.2 Å². The van der Waals surface area contributed by atoms with Gasteiger partial charge in [0.25, 0.3) is 0 Å². The molecule has 0 N–H and O–H groups in total. The van der Waals surface area contributed by atoms with Crippen LogP contribution in [0.2, 0.25) is 0 Å². The van der Waals surface area contributed by atoms with E-state index in [4.69, 9.17) is 9.47 Å². The minimum atomic E-state index is -4.57. The van der Waals surface area contributed by atoms with Gasteiger partial charge in [0, 0.05) is 16.8 Å². The number of fused-ring (bicyclic) bond motifs is 2. The summed E-state index contributed by atoms with van der Waals surface area (Å²) in [6.45, 7) is 9.84. The summed E-state index contributed by atoms with van der Waals surface area (Å²) in [5, 5.41) is 0. The third-order valence-corrected chi connectivity index (χ3v) is 6.92. The molecule has 1 atom stereocenters. The van der Waals surface area contributed by atoms with Crippen LogP contribution in [0.5, 0.6) is 5.75 Å². The van der Waals surface area contributed by atoms with E-state index in [1.165, 1.54) is 18.2 Å². The third-order valence-electron chi connectivity index (χ3n) is 6.09. The second-order valence-corrected chi connectivity index (χ2v) is 9.88. The van der Waals surface area contributed by atoms with Gasteiger partial charge >= 0.3 is 5.97 Å². The van der Waals surface area contributed by atoms with Gasteiger partial charge in [-0.1, -0.05) is 24.8 Å². The summed E-state index contributed by atoms with van der Waals surface area (Å²) in [7, 11) is -4.57. The summed E-state index contributed by atoms with van der Waals surface area (Å²) in [5.41, 5.74) is 1.41. The summed E-state index contributed by atoms with van der Waals surface area (Å²) in [5.74, 6) is 0.00676. The van der Waals surface area contributed by atoms with Crippen molar-refractivity contribution in [1.82, 2.24) is 0 Å². The Kier molecular flexibility index (Phi) is 5.18. The van der Waals surface area contributed by atoms with Crippen LogP contribution in [-0.2, 0) is 25.1 Å². The first-order chi connectivity index (χ1) is 15.0. The highest BCUT2D eigenvalue weighted by Crippen LogP contribution is 2.54. The minimum Gasteiger partial charge on any atom is -0.744 e. The Bertz CT molecular complexity index is 1250. The van der Waals surface area contributed by atoms with Gasteiger partial charge in [0.2, 0.25) is 5.72 Å². The average Bonchev–Trinajstić information content (AvgIpc) is 2.91. The van der Waals surface area contributed by atoms with Gasteiger partial charge in [-0.15, -0.1) is 0 Å². The molecular weight excluding hydrogens is 430 g/mol. The minimum absolute atomic E-state index is 0.134. The molecule has 0 radical (unpaired) electrons. The molecule has 8 heteroatoms. The van der Waals surface area contributed by atoms with Crippen LogP contribution in [0.3, 0.4) is 0 Å². The standard InChI is InChI=1S/C24H25NO6S/c1-16(2)22(26)30-14-13-25-20-8-6-5-7-19(20)23(3,4)24(25)12-11-17-15-18(32(27,28)29)9-10-21(17)31-24/h5-12,15H,1,13-14H2,2-4H3,(H,27,28,29)/p-1/t24-/m1/s1. The van der Waals surface area contributed by atoms with Crippen LogP contribution in [0, 0.1) is 0 Å². The highest BCUT2D eigenvalue weighted by Gasteiger charge is 2.58. The molecular formula is C24H24NO6S-. The van der Waals surface area contributed by atoms with Crippen molar-refractivity contribution in [3.8, 4) is 5.75 Å². The Balaban J connectivity index is 1.75. The van der Waals surface area contributed by atoms with E-state index in [0.717, 1.165) is 11.3 Å². The second kappa shape index (κ2) is 7.50. The Labute approximate surface area is 187 Å². The van der Waals surface area contributed by atoms with Crippen LogP contribution in [0.1, 0.15) is 31.9 Å². The quantitative estimate of drug-likeness (QED) is 0.387. The molecule has 0 unspecified atom stereocenters. The Hall–Kier alpha value is -3.10. The van der Waals surface area contributed by atoms with Gasteiger partial charge in [-0.25, -0.2) is 13.2 Å². The number of carbonyl (C=O) groups excluding carboxylic acids is 1. The molecule has 0 aromatic heterocycles. The normalized spacial score (nSPS) is 20.4. The number of ether oxygens (including phenoxy) is 2. The molecule has 2 aromatic rings. The molecule has 32 heavy (non-hydrogen) atoms. The highest BCUT2D eigenvalue weighted by atomic mass is 32.2. The van der Waals surface area contributed by atoms with Crippen LogP contribution in [0.15, 0.2) is 65.6 Å². The lowest BCUT2D eigenvalue weighted by atomic mass is 9.76. The predicted molar refractivity (Wildman–Crippen MR) is 119 cm³/mol. The first kappa shape index (κ1) is 22.1. The van der Waals surface area contributed by atoms with Gasteiger partial charge in [-0.2, -0.15) is 0 Å². The maximum atomic E-state index is 11.9. The van der Waals surface area contributed by atoms with Gasteiger partial charge in [0.05, 0.1) is 16.9 Å². The predicted octanol–water partition coefficient (Wildman–Crippen LogP) is 3.61. The maximum Gasteiger partial charge on any atom is 0.333 e. The fourth-order valence-corrected chi connectivity index (χ4v) is 4.88. The molecule has 1 spiro atoms. The summed E-state index contributed by atoms with van der Waals surface area (Å²) in [4.78, 5) is 13.6. The van der Waals surface area contributed by atoms with Crippen LogP contribution in [0.4, 0.5) is 5.69 Å². The fraction of sp³-hybridized carbons (Fsp3) is 0.292. The van der Waals surface area contributed by atoms with Crippen LogP contribution < -0.4 is 9.64 Å². The summed E-state index contributed by atoms with van der Waals surface area (Å²) >= 11 is 0. The van der Waals surface area contributed by atoms with Crippen LogP contribution in [0.25, 0.3) is 6.08 Å². The van der Waals surface area contributed by atoms with Crippen LogP contribution >= 0.6 is 0 Å². The van der Waals surface area contributed by atoms with E-state index in [1.54, 1.807) is 13.0 Å². The average molecular weight is 455 g/mol. The molecule has 2 heterocycles. The lowest BCUT2D eigenvalue weighted by molar-refractivity contribution is -0.138. The van der Waals surface area contributed by atoms with Gasteiger partial charge in [0.15, 0.2) is 0 Å². The molecule has 0 saturated carbocycles. The number of para-hydroxylation sites is 1. The number of benzene rings is 2. The van der Waals surface area contributed by atoms with E-state index in [0.29, 0.717) is 23.4 Å². The number of nitrogens with zero attached hydrogens (tertiary/aromatic N) is 1. The SMILES string of the molecule is C=C(C)C(=O)OCCN1c2ccccc2C(C)(C)[C@]12C=Cc1cc(S(=O)(=O)[O-])ccc1O2. The molecule has 2 aliphatic rings. The molecule has 0 amide bonds. The number of anilines is 1. The van der Waals surface area contributed by atoms with Crippen LogP contribution in [-0.4, -0.2) is 37.8 Å². The fourth-order valence-electron chi connectivity index (χ4n) is 4.38. The van der Waals surface area contributed by atoms with Gasteiger partial charge < -0.3 is 18.9 Å². The topological polar surface area (TPSA) is 96.0 Å². The molecule has 7 nitrogen and oxygen atoms in total. The summed E-state index contributed by atoms with van der Waals surface area (Å²) in [6.07, 6.45) is 3.64. The maximum absolute atomic E-state index is 11.9. The Morgan fingerprint density at radius 2 is 1.94 bits per heavy atom. The number of hydrogen-bond acceptors (Lipinski definition) is 7. The Morgan fingerprint density at radius 3 is 2.62 bits per heavy atom. The van der Waals surface area contributed by atoms with Crippen molar-refractivity contribution >= 4 is 27.9 Å². The van der Waals surface area contributed by atoms with Crippen molar-refractivity contribution in [3.63, 3.8) is 0 Å². The number of carbonyl (C=O) groups is 1. The molecule has 0 fully saturated rings. The summed E-state index contributed by atoms with van der Waals surface area (Å²) < 4.78 is 46.1. The molecule has 2 aromatic carbocycles. The highest BCUT2D eigenvalue weighted by molar-refractivity contribution is 7.85. The largest absolute Gasteiger partial charge is 0.744 e. The van der Waals surface area contributed by atoms with Crippen molar-refractivity contribution in [2.75, 3.05) is 18.1 Å².